The van der Waals surface area contributed by atoms with Crippen molar-refractivity contribution in [2.45, 2.75) is 57.2 Å². The monoisotopic (exact) mass is 289 g/mol. The van der Waals surface area contributed by atoms with E-state index in [1.54, 1.807) is 0 Å². The zero-order chi connectivity index (χ0) is 14.9. The number of hydrogen-bond acceptors (Lipinski definition) is 3. The lowest BCUT2D eigenvalue weighted by Crippen LogP contribution is -2.53. The first-order valence-electron chi connectivity index (χ1n) is 8.38. The lowest BCUT2D eigenvalue weighted by molar-refractivity contribution is -0.0612. The van der Waals surface area contributed by atoms with Crippen molar-refractivity contribution in [3.05, 3.63) is 29.8 Å². The zero-order valence-electron chi connectivity index (χ0n) is 13.0. The molecule has 116 valence electrons. The molecular weight excluding hydrogens is 262 g/mol. The molecule has 1 aliphatic carbocycles. The molecule has 3 nitrogen and oxygen atoms in total. The third-order valence-electron chi connectivity index (χ3n) is 5.46. The van der Waals surface area contributed by atoms with E-state index in [1.807, 2.05) is 19.1 Å². The van der Waals surface area contributed by atoms with Gasteiger partial charge in [-0.25, -0.2) is 0 Å². The Hall–Kier alpha value is -1.06. The number of aliphatic hydroxyl groups excluding tert-OH is 1. The summed E-state index contributed by atoms with van der Waals surface area (Å²) in [6.07, 6.45) is 5.84. The molecule has 1 aromatic carbocycles. The number of hydrogen-bond donors (Lipinski definition) is 2. The SMILES string of the molecule is CC[C@@H](O)c1ccc(N2CCC3(O)CCCCC3C2)cc1. The quantitative estimate of drug-likeness (QED) is 0.897. The maximum Gasteiger partial charge on any atom is 0.0787 e. The molecule has 0 spiro atoms. The summed E-state index contributed by atoms with van der Waals surface area (Å²) in [4.78, 5) is 2.40. The maximum atomic E-state index is 10.7. The van der Waals surface area contributed by atoms with Crippen LogP contribution < -0.4 is 4.90 Å². The van der Waals surface area contributed by atoms with Crippen LogP contribution in [0.15, 0.2) is 24.3 Å². The molecule has 0 amide bonds. The fourth-order valence-electron chi connectivity index (χ4n) is 3.95. The van der Waals surface area contributed by atoms with Crippen molar-refractivity contribution in [1.82, 2.24) is 0 Å². The van der Waals surface area contributed by atoms with Gasteiger partial charge in [0.05, 0.1) is 11.7 Å². The molecule has 2 N–H and O–H groups in total. The fourth-order valence-corrected chi connectivity index (χ4v) is 3.95. The highest BCUT2D eigenvalue weighted by Crippen LogP contribution is 2.40. The Kier molecular flexibility index (Phi) is 4.23. The van der Waals surface area contributed by atoms with E-state index in [4.69, 9.17) is 0 Å². The van der Waals surface area contributed by atoms with Crippen LogP contribution in [-0.4, -0.2) is 28.9 Å². The largest absolute Gasteiger partial charge is 0.389 e. The molecule has 1 aliphatic heterocycles. The van der Waals surface area contributed by atoms with Crippen LogP contribution >= 0.6 is 0 Å². The van der Waals surface area contributed by atoms with Gasteiger partial charge in [-0.2, -0.15) is 0 Å². The van der Waals surface area contributed by atoms with E-state index >= 15 is 0 Å². The Morgan fingerprint density at radius 1 is 1.24 bits per heavy atom. The number of anilines is 1. The van der Waals surface area contributed by atoms with E-state index in [-0.39, 0.29) is 6.10 Å². The van der Waals surface area contributed by atoms with E-state index < -0.39 is 5.60 Å². The molecular formula is C18H27NO2. The van der Waals surface area contributed by atoms with Crippen molar-refractivity contribution in [3.8, 4) is 0 Å². The minimum Gasteiger partial charge on any atom is -0.389 e. The van der Waals surface area contributed by atoms with E-state index in [0.717, 1.165) is 44.3 Å². The topological polar surface area (TPSA) is 43.7 Å². The van der Waals surface area contributed by atoms with Gasteiger partial charge in [-0.05, 0) is 43.4 Å². The van der Waals surface area contributed by atoms with Gasteiger partial charge < -0.3 is 15.1 Å². The van der Waals surface area contributed by atoms with Crippen molar-refractivity contribution in [1.29, 1.82) is 0 Å². The second-order valence-electron chi connectivity index (χ2n) is 6.76. The Labute approximate surface area is 127 Å². The number of nitrogens with zero attached hydrogens (tertiary/aromatic N) is 1. The third kappa shape index (κ3) is 2.95. The van der Waals surface area contributed by atoms with Crippen LogP contribution in [0.25, 0.3) is 0 Å². The maximum absolute atomic E-state index is 10.7. The van der Waals surface area contributed by atoms with Crippen LogP contribution in [0.3, 0.4) is 0 Å². The molecule has 2 fully saturated rings. The lowest BCUT2D eigenvalue weighted by Gasteiger charge is -2.48. The molecule has 21 heavy (non-hydrogen) atoms. The summed E-state index contributed by atoms with van der Waals surface area (Å²) in [6, 6.07) is 8.29. The summed E-state index contributed by atoms with van der Waals surface area (Å²) in [5.74, 6) is 0.418. The van der Waals surface area contributed by atoms with Crippen LogP contribution in [0.4, 0.5) is 5.69 Å². The summed E-state index contributed by atoms with van der Waals surface area (Å²) < 4.78 is 0. The van der Waals surface area contributed by atoms with Gasteiger partial charge >= 0.3 is 0 Å². The average molecular weight is 289 g/mol. The Morgan fingerprint density at radius 3 is 2.71 bits per heavy atom. The first-order valence-corrected chi connectivity index (χ1v) is 8.38. The van der Waals surface area contributed by atoms with Gasteiger partial charge in [-0.15, -0.1) is 0 Å². The molecule has 0 radical (unpaired) electrons. The number of benzene rings is 1. The molecule has 2 unspecified atom stereocenters. The summed E-state index contributed by atoms with van der Waals surface area (Å²) in [7, 11) is 0. The lowest BCUT2D eigenvalue weighted by atomic mass is 9.71. The average Bonchev–Trinajstić information content (AvgIpc) is 2.53. The van der Waals surface area contributed by atoms with Crippen LogP contribution in [0.2, 0.25) is 0 Å². The van der Waals surface area contributed by atoms with Gasteiger partial charge in [-0.3, -0.25) is 0 Å². The molecule has 3 atom stereocenters. The molecule has 2 aliphatic rings. The molecule has 0 aromatic heterocycles. The van der Waals surface area contributed by atoms with E-state index in [1.165, 1.54) is 18.5 Å². The summed E-state index contributed by atoms with van der Waals surface area (Å²) in [5, 5.41) is 20.6. The molecule has 3 rings (SSSR count). The van der Waals surface area contributed by atoms with E-state index in [9.17, 15) is 10.2 Å². The van der Waals surface area contributed by atoms with Gasteiger partial charge in [0.2, 0.25) is 0 Å². The second kappa shape index (κ2) is 5.98. The summed E-state index contributed by atoms with van der Waals surface area (Å²) >= 11 is 0. The predicted molar refractivity (Wildman–Crippen MR) is 85.4 cm³/mol. The molecule has 3 heteroatoms. The summed E-state index contributed by atoms with van der Waals surface area (Å²) in [5.41, 5.74) is 1.80. The first kappa shape index (κ1) is 14.9. The van der Waals surface area contributed by atoms with Crippen LogP contribution in [0, 0.1) is 5.92 Å². The molecule has 1 saturated heterocycles. The van der Waals surface area contributed by atoms with E-state index in [0.29, 0.717) is 5.92 Å². The minimum atomic E-state index is -0.410. The van der Waals surface area contributed by atoms with Gasteiger partial charge in [0.15, 0.2) is 0 Å². The van der Waals surface area contributed by atoms with Crippen LogP contribution in [0.1, 0.15) is 57.1 Å². The Balaban J connectivity index is 1.70. The number of fused-ring (bicyclic) bond motifs is 1. The number of piperidine rings is 1. The summed E-state index contributed by atoms with van der Waals surface area (Å²) in [6.45, 7) is 3.89. The van der Waals surface area contributed by atoms with Gasteiger partial charge in [0.1, 0.15) is 0 Å². The van der Waals surface area contributed by atoms with E-state index in [2.05, 4.69) is 17.0 Å². The van der Waals surface area contributed by atoms with Crippen molar-refractivity contribution in [2.24, 2.45) is 5.92 Å². The van der Waals surface area contributed by atoms with Crippen LogP contribution in [-0.2, 0) is 0 Å². The molecule has 0 bridgehead atoms. The van der Waals surface area contributed by atoms with Crippen LogP contribution in [0.5, 0.6) is 0 Å². The Morgan fingerprint density at radius 2 is 2.00 bits per heavy atom. The highest BCUT2D eigenvalue weighted by molar-refractivity contribution is 5.48. The van der Waals surface area contributed by atoms with Crippen molar-refractivity contribution in [3.63, 3.8) is 0 Å². The Bertz CT molecular complexity index is 473. The highest BCUT2D eigenvalue weighted by Gasteiger charge is 2.42. The van der Waals surface area contributed by atoms with Crippen molar-refractivity contribution in [2.75, 3.05) is 18.0 Å². The minimum absolute atomic E-state index is 0.358. The number of aliphatic hydroxyl groups is 2. The molecule has 1 aromatic rings. The predicted octanol–water partition coefficient (Wildman–Crippen LogP) is 3.26. The second-order valence-corrected chi connectivity index (χ2v) is 6.76. The van der Waals surface area contributed by atoms with Gasteiger partial charge in [0, 0.05) is 24.7 Å². The van der Waals surface area contributed by atoms with Crippen molar-refractivity contribution >= 4 is 5.69 Å². The fraction of sp³-hybridized carbons (Fsp3) is 0.667. The highest BCUT2D eigenvalue weighted by atomic mass is 16.3. The molecule has 1 heterocycles. The number of rotatable bonds is 3. The normalized spacial score (nSPS) is 30.8. The smallest absolute Gasteiger partial charge is 0.0787 e. The van der Waals surface area contributed by atoms with Gasteiger partial charge in [-0.1, -0.05) is 31.9 Å². The third-order valence-corrected chi connectivity index (χ3v) is 5.46. The standard InChI is InChI=1S/C18H27NO2/c1-2-17(20)14-6-8-16(9-7-14)19-12-11-18(21)10-4-3-5-15(18)13-19/h6-9,15,17,20-21H,2-5,10-13H2,1H3/t15?,17-,18?/m1/s1. The first-order chi connectivity index (χ1) is 10.1. The zero-order valence-corrected chi connectivity index (χ0v) is 13.0. The molecule has 1 saturated carbocycles. The van der Waals surface area contributed by atoms with Crippen molar-refractivity contribution < 1.29 is 10.2 Å². The van der Waals surface area contributed by atoms with Gasteiger partial charge in [0.25, 0.3) is 0 Å².